The van der Waals surface area contributed by atoms with Crippen molar-refractivity contribution >= 4 is 33.5 Å². The number of hydrogen-bond acceptors (Lipinski definition) is 5. The summed E-state index contributed by atoms with van der Waals surface area (Å²) < 4.78 is 5.71. The lowest BCUT2D eigenvalue weighted by Crippen LogP contribution is -2.37. The van der Waals surface area contributed by atoms with Gasteiger partial charge in [-0.1, -0.05) is 34.4 Å². The van der Waals surface area contributed by atoms with Gasteiger partial charge < -0.3 is 15.2 Å². The van der Waals surface area contributed by atoms with E-state index in [-0.39, 0.29) is 24.5 Å². The minimum absolute atomic E-state index is 0.0620. The first kappa shape index (κ1) is 17.7. The van der Waals surface area contributed by atoms with E-state index in [0.29, 0.717) is 12.3 Å². The molecule has 0 spiro atoms. The minimum Gasteiger partial charge on any atom is -0.481 e. The molecule has 5 nitrogen and oxygen atoms in total. The monoisotopic (exact) mass is 321 g/mol. The minimum atomic E-state index is -0.774. The summed E-state index contributed by atoms with van der Waals surface area (Å²) in [5, 5.41) is 11.3. The quantitative estimate of drug-likeness (QED) is 0.475. The number of hydrogen-bond donors (Lipinski definition) is 2. The van der Waals surface area contributed by atoms with E-state index >= 15 is 0 Å². The molecule has 1 aliphatic carbocycles. The van der Waals surface area contributed by atoms with E-state index in [2.05, 4.69) is 5.32 Å². The van der Waals surface area contributed by atoms with Gasteiger partial charge in [-0.15, -0.1) is 0 Å². The summed E-state index contributed by atoms with van der Waals surface area (Å²) in [6.07, 6.45) is 4.56. The van der Waals surface area contributed by atoms with Gasteiger partial charge in [-0.05, 0) is 19.8 Å². The Balaban J connectivity index is 1.97. The Kier molecular flexibility index (Phi) is 9.13. The Morgan fingerprint density at radius 3 is 2.60 bits per heavy atom. The van der Waals surface area contributed by atoms with Gasteiger partial charge in [0.05, 0.1) is 12.5 Å². The van der Waals surface area contributed by atoms with Crippen molar-refractivity contribution in [2.24, 2.45) is 0 Å². The van der Waals surface area contributed by atoms with Crippen LogP contribution in [0.25, 0.3) is 0 Å². The average Bonchev–Trinajstić information content (AvgIpc) is 2.89. The van der Waals surface area contributed by atoms with Crippen LogP contribution in [-0.4, -0.2) is 47.2 Å². The van der Waals surface area contributed by atoms with E-state index in [0.717, 1.165) is 18.6 Å². The molecule has 0 aromatic carbocycles. The molecule has 2 N–H and O–H groups in total. The van der Waals surface area contributed by atoms with Crippen LogP contribution in [0.4, 0.5) is 0 Å². The van der Waals surface area contributed by atoms with Crippen molar-refractivity contribution in [3.8, 4) is 0 Å². The molecule has 0 saturated heterocycles. The second kappa shape index (κ2) is 10.3. The molecule has 1 unspecified atom stereocenters. The number of amides is 1. The molecular formula is C13H23NO4S2. The van der Waals surface area contributed by atoms with Gasteiger partial charge in [0.25, 0.3) is 0 Å². The molecule has 116 valence electrons. The van der Waals surface area contributed by atoms with Gasteiger partial charge in [0, 0.05) is 18.1 Å². The molecule has 1 atom stereocenters. The summed E-state index contributed by atoms with van der Waals surface area (Å²) in [6, 6.07) is 0. The van der Waals surface area contributed by atoms with Crippen LogP contribution in [0.5, 0.6) is 0 Å². The van der Waals surface area contributed by atoms with E-state index < -0.39 is 5.97 Å². The van der Waals surface area contributed by atoms with E-state index in [1.165, 1.54) is 23.6 Å². The fourth-order valence-electron chi connectivity index (χ4n) is 1.98. The van der Waals surface area contributed by atoms with Crippen LogP contribution >= 0.6 is 21.6 Å². The summed E-state index contributed by atoms with van der Waals surface area (Å²) in [5.74, 6) is 0.527. The zero-order valence-electron chi connectivity index (χ0n) is 11.8. The highest BCUT2D eigenvalue weighted by atomic mass is 33.1. The number of rotatable bonds is 10. The Morgan fingerprint density at radius 1 is 1.30 bits per heavy atom. The van der Waals surface area contributed by atoms with E-state index in [4.69, 9.17) is 9.84 Å². The van der Waals surface area contributed by atoms with Gasteiger partial charge in [0.2, 0.25) is 5.91 Å². The molecule has 20 heavy (non-hydrogen) atoms. The zero-order chi connectivity index (χ0) is 14.8. The molecule has 0 aromatic heterocycles. The third-order valence-electron chi connectivity index (χ3n) is 3.04. The summed E-state index contributed by atoms with van der Waals surface area (Å²) in [5.41, 5.74) is 0. The fourth-order valence-corrected chi connectivity index (χ4v) is 3.87. The Labute approximate surface area is 128 Å². The van der Waals surface area contributed by atoms with Gasteiger partial charge in [-0.25, -0.2) is 0 Å². The molecule has 0 aromatic rings. The number of carboxylic acids is 1. The third-order valence-corrected chi connectivity index (χ3v) is 5.44. The van der Waals surface area contributed by atoms with E-state index in [9.17, 15) is 9.59 Å². The Bertz CT molecular complexity index is 309. The first-order valence-electron chi connectivity index (χ1n) is 6.99. The van der Waals surface area contributed by atoms with Crippen LogP contribution in [-0.2, 0) is 14.3 Å². The summed E-state index contributed by atoms with van der Waals surface area (Å²) in [7, 11) is 3.10. The number of carboxylic acid groups (broad SMARTS) is 1. The molecule has 1 fully saturated rings. The van der Waals surface area contributed by atoms with Crippen molar-refractivity contribution in [2.45, 2.75) is 51.2 Å². The number of nitrogens with one attached hydrogen (secondary N) is 1. The molecule has 0 heterocycles. The zero-order valence-corrected chi connectivity index (χ0v) is 13.4. The van der Waals surface area contributed by atoms with Gasteiger partial charge in [0.1, 0.15) is 6.10 Å². The Morgan fingerprint density at radius 2 is 1.95 bits per heavy atom. The molecule has 1 rings (SSSR count). The second-order valence-electron chi connectivity index (χ2n) is 4.76. The topological polar surface area (TPSA) is 75.6 Å². The molecular weight excluding hydrogens is 298 g/mol. The van der Waals surface area contributed by atoms with Crippen LogP contribution in [0, 0.1) is 0 Å². The van der Waals surface area contributed by atoms with Gasteiger partial charge in [-0.2, -0.15) is 0 Å². The third kappa shape index (κ3) is 8.01. The van der Waals surface area contributed by atoms with E-state index in [1.54, 1.807) is 17.7 Å². The predicted molar refractivity (Wildman–Crippen MR) is 83.0 cm³/mol. The van der Waals surface area contributed by atoms with Crippen molar-refractivity contribution < 1.29 is 19.4 Å². The summed E-state index contributed by atoms with van der Waals surface area (Å²) in [4.78, 5) is 22.1. The molecule has 0 aliphatic heterocycles. The Hall–Kier alpha value is -0.400. The lowest BCUT2D eigenvalue weighted by Gasteiger charge is -2.17. The number of carbonyl (C=O) groups is 2. The molecule has 1 amide bonds. The second-order valence-corrected chi connectivity index (χ2v) is 7.47. The maximum Gasteiger partial charge on any atom is 0.304 e. The average molecular weight is 321 g/mol. The number of ether oxygens (including phenoxy) is 1. The van der Waals surface area contributed by atoms with Crippen LogP contribution in [0.15, 0.2) is 0 Å². The smallest absolute Gasteiger partial charge is 0.304 e. The molecule has 7 heteroatoms. The largest absolute Gasteiger partial charge is 0.481 e. The highest BCUT2D eigenvalue weighted by Crippen LogP contribution is 2.22. The lowest BCUT2D eigenvalue weighted by molar-refractivity contribution is -0.136. The molecule has 1 aliphatic rings. The van der Waals surface area contributed by atoms with Crippen LogP contribution < -0.4 is 5.32 Å². The number of aliphatic carboxylic acids is 1. The van der Waals surface area contributed by atoms with Crippen molar-refractivity contribution in [3.63, 3.8) is 0 Å². The maximum absolute atomic E-state index is 11.8. The molecule has 1 saturated carbocycles. The summed E-state index contributed by atoms with van der Waals surface area (Å²) in [6.45, 7) is 2.38. The van der Waals surface area contributed by atoms with E-state index in [1.807, 2.05) is 0 Å². The first-order valence-corrected chi connectivity index (χ1v) is 9.47. The van der Waals surface area contributed by atoms with Crippen LogP contribution in [0.2, 0.25) is 0 Å². The van der Waals surface area contributed by atoms with Crippen molar-refractivity contribution in [1.29, 1.82) is 0 Å². The van der Waals surface area contributed by atoms with Gasteiger partial charge in [-0.3, -0.25) is 9.59 Å². The van der Waals surface area contributed by atoms with Crippen molar-refractivity contribution in [1.82, 2.24) is 5.32 Å². The normalized spacial score (nSPS) is 17.1. The van der Waals surface area contributed by atoms with Gasteiger partial charge >= 0.3 is 5.97 Å². The number of carbonyl (C=O) groups excluding carboxylic acids is 1. The molecule has 0 radical (unpaired) electrons. The lowest BCUT2D eigenvalue weighted by atomic mass is 10.3. The molecule has 0 bridgehead atoms. The predicted octanol–water partition coefficient (Wildman–Crippen LogP) is 2.31. The van der Waals surface area contributed by atoms with Crippen LogP contribution in [0.3, 0.4) is 0 Å². The van der Waals surface area contributed by atoms with Crippen molar-refractivity contribution in [3.05, 3.63) is 0 Å². The standard InChI is InChI=1S/C13H23NO4S2/c1-10(18-11-4-2-3-5-11)13(17)14-7-9-20-19-8-6-12(15)16/h10-11H,2-9H2,1H3,(H,14,17)(H,15,16). The highest BCUT2D eigenvalue weighted by molar-refractivity contribution is 8.76. The first-order chi connectivity index (χ1) is 9.59. The maximum atomic E-state index is 11.8. The SMILES string of the molecule is CC(OC1CCCC1)C(=O)NCCSSCCC(=O)O. The highest BCUT2D eigenvalue weighted by Gasteiger charge is 2.21. The van der Waals surface area contributed by atoms with Crippen LogP contribution in [0.1, 0.15) is 39.0 Å². The van der Waals surface area contributed by atoms with Gasteiger partial charge in [0.15, 0.2) is 0 Å². The fraction of sp³-hybridized carbons (Fsp3) is 0.846. The van der Waals surface area contributed by atoms with Crippen molar-refractivity contribution in [2.75, 3.05) is 18.1 Å². The summed E-state index contributed by atoms with van der Waals surface area (Å²) >= 11 is 0.